The molecule has 19 heavy (non-hydrogen) atoms. The van der Waals surface area contributed by atoms with Crippen LogP contribution in [0.2, 0.25) is 0 Å². The number of carbonyl (C=O) groups is 1. The highest BCUT2D eigenvalue weighted by Crippen LogP contribution is 2.19. The van der Waals surface area contributed by atoms with E-state index in [1.165, 1.54) is 16.8 Å². The van der Waals surface area contributed by atoms with Crippen molar-refractivity contribution in [2.45, 2.75) is 25.7 Å². The molecule has 0 saturated heterocycles. The van der Waals surface area contributed by atoms with Gasteiger partial charge in [0, 0.05) is 37.0 Å². The van der Waals surface area contributed by atoms with Crippen molar-refractivity contribution in [2.75, 3.05) is 13.1 Å². The van der Waals surface area contributed by atoms with Crippen LogP contribution >= 0.6 is 10.7 Å². The lowest BCUT2D eigenvalue weighted by atomic mass is 10.2. The Bertz CT molecular complexity index is 564. The molecular formula is C12H19ClN2O3S. The Balaban J connectivity index is 3.09. The van der Waals surface area contributed by atoms with E-state index in [4.69, 9.17) is 10.7 Å². The third-order valence-electron chi connectivity index (χ3n) is 2.73. The first-order chi connectivity index (χ1) is 8.66. The maximum atomic E-state index is 12.3. The van der Waals surface area contributed by atoms with Crippen molar-refractivity contribution in [1.29, 1.82) is 0 Å². The first kappa shape index (κ1) is 16.0. The molecule has 0 aliphatic rings. The lowest BCUT2D eigenvalue weighted by molar-refractivity contribution is 0.0736. The summed E-state index contributed by atoms with van der Waals surface area (Å²) in [7, 11) is 3.09. The van der Waals surface area contributed by atoms with Crippen LogP contribution in [0, 0.1) is 5.92 Å². The van der Waals surface area contributed by atoms with Gasteiger partial charge in [-0.3, -0.25) is 4.79 Å². The van der Waals surface area contributed by atoms with E-state index >= 15 is 0 Å². The van der Waals surface area contributed by atoms with Crippen LogP contribution in [0.4, 0.5) is 0 Å². The highest BCUT2D eigenvalue weighted by Gasteiger charge is 2.22. The van der Waals surface area contributed by atoms with E-state index in [1.807, 2.05) is 20.8 Å². The van der Waals surface area contributed by atoms with Gasteiger partial charge in [-0.25, -0.2) is 8.42 Å². The van der Waals surface area contributed by atoms with Crippen molar-refractivity contribution in [3.63, 3.8) is 0 Å². The van der Waals surface area contributed by atoms with Crippen LogP contribution in [-0.2, 0) is 16.1 Å². The number of halogens is 1. The monoisotopic (exact) mass is 306 g/mol. The molecule has 1 aromatic heterocycles. The molecule has 1 heterocycles. The SMILES string of the molecule is CCN(CC(C)C)C(=O)c1cc(S(=O)(=O)Cl)cn1C. The van der Waals surface area contributed by atoms with Crippen molar-refractivity contribution >= 4 is 25.6 Å². The van der Waals surface area contributed by atoms with E-state index in [2.05, 4.69) is 0 Å². The molecule has 0 fully saturated rings. The zero-order chi connectivity index (χ0) is 14.8. The Hall–Kier alpha value is -1.01. The second-order valence-electron chi connectivity index (χ2n) is 4.85. The fourth-order valence-electron chi connectivity index (χ4n) is 1.84. The summed E-state index contributed by atoms with van der Waals surface area (Å²) in [4.78, 5) is 14.0. The maximum absolute atomic E-state index is 12.3. The van der Waals surface area contributed by atoms with E-state index < -0.39 is 9.05 Å². The summed E-state index contributed by atoms with van der Waals surface area (Å²) in [5.41, 5.74) is 0.321. The number of nitrogens with zero attached hydrogens (tertiary/aromatic N) is 2. The van der Waals surface area contributed by atoms with Gasteiger partial charge >= 0.3 is 0 Å². The largest absolute Gasteiger partial charge is 0.345 e. The van der Waals surface area contributed by atoms with Gasteiger partial charge in [0.05, 0.1) is 0 Å². The maximum Gasteiger partial charge on any atom is 0.270 e. The first-order valence-corrected chi connectivity index (χ1v) is 8.38. The van der Waals surface area contributed by atoms with Gasteiger partial charge < -0.3 is 9.47 Å². The minimum atomic E-state index is -3.81. The molecule has 108 valence electrons. The Kier molecular flexibility index (Phi) is 5.04. The molecule has 0 bridgehead atoms. The zero-order valence-corrected chi connectivity index (χ0v) is 13.1. The molecule has 0 N–H and O–H groups in total. The minimum absolute atomic E-state index is 0.0550. The Morgan fingerprint density at radius 2 is 2.05 bits per heavy atom. The summed E-state index contributed by atoms with van der Waals surface area (Å²) in [6.45, 7) is 7.14. The smallest absolute Gasteiger partial charge is 0.270 e. The third-order valence-corrected chi connectivity index (χ3v) is 4.06. The number of hydrogen-bond donors (Lipinski definition) is 0. The quantitative estimate of drug-likeness (QED) is 0.783. The molecule has 0 radical (unpaired) electrons. The summed E-state index contributed by atoms with van der Waals surface area (Å²) >= 11 is 0. The number of aryl methyl sites for hydroxylation is 1. The van der Waals surface area contributed by atoms with Gasteiger partial charge in [-0.2, -0.15) is 0 Å². The summed E-state index contributed by atoms with van der Waals surface area (Å²) in [6.07, 6.45) is 1.35. The fraction of sp³-hybridized carbons (Fsp3) is 0.583. The molecule has 0 atom stereocenters. The van der Waals surface area contributed by atoms with Gasteiger partial charge in [-0.05, 0) is 18.9 Å². The number of hydrogen-bond acceptors (Lipinski definition) is 3. The van der Waals surface area contributed by atoms with Gasteiger partial charge in [0.15, 0.2) is 0 Å². The van der Waals surface area contributed by atoms with Gasteiger partial charge in [0.25, 0.3) is 15.0 Å². The molecule has 0 aromatic carbocycles. The molecule has 7 heteroatoms. The number of aromatic nitrogens is 1. The van der Waals surface area contributed by atoms with E-state index in [0.29, 0.717) is 24.7 Å². The predicted octanol–water partition coefficient (Wildman–Crippen LogP) is 2.07. The molecule has 0 aliphatic carbocycles. The second kappa shape index (κ2) is 5.96. The Morgan fingerprint density at radius 3 is 2.42 bits per heavy atom. The van der Waals surface area contributed by atoms with Crippen molar-refractivity contribution in [3.8, 4) is 0 Å². The standard InChI is InChI=1S/C12H19ClN2O3S/c1-5-15(7-9(2)3)12(16)11-6-10(8-14(11)4)19(13,17)18/h6,8-9H,5,7H2,1-4H3. The first-order valence-electron chi connectivity index (χ1n) is 6.07. The number of rotatable bonds is 5. The molecule has 0 unspecified atom stereocenters. The summed E-state index contributed by atoms with van der Waals surface area (Å²) in [5.74, 6) is 0.158. The summed E-state index contributed by atoms with van der Waals surface area (Å²) in [6, 6.07) is 1.31. The lowest BCUT2D eigenvalue weighted by Gasteiger charge is -2.23. The van der Waals surface area contributed by atoms with Crippen molar-refractivity contribution in [1.82, 2.24) is 9.47 Å². The molecule has 0 saturated carbocycles. The van der Waals surface area contributed by atoms with Crippen molar-refractivity contribution in [2.24, 2.45) is 13.0 Å². The molecule has 5 nitrogen and oxygen atoms in total. The van der Waals surface area contributed by atoms with Crippen LogP contribution < -0.4 is 0 Å². The van der Waals surface area contributed by atoms with Gasteiger partial charge in [-0.1, -0.05) is 13.8 Å². The zero-order valence-electron chi connectivity index (χ0n) is 11.6. The molecule has 1 aromatic rings. The topological polar surface area (TPSA) is 59.4 Å². The van der Waals surface area contributed by atoms with E-state index in [0.717, 1.165) is 0 Å². The predicted molar refractivity (Wildman–Crippen MR) is 74.9 cm³/mol. The van der Waals surface area contributed by atoms with Crippen LogP contribution in [0.5, 0.6) is 0 Å². The van der Waals surface area contributed by atoms with Crippen LogP contribution in [0.3, 0.4) is 0 Å². The summed E-state index contributed by atoms with van der Waals surface area (Å²) in [5, 5.41) is 0. The van der Waals surface area contributed by atoms with Crippen LogP contribution in [0.1, 0.15) is 31.3 Å². The normalized spacial score (nSPS) is 11.9. The third kappa shape index (κ3) is 3.98. The van der Waals surface area contributed by atoms with E-state index in [-0.39, 0.29) is 10.8 Å². The van der Waals surface area contributed by atoms with E-state index in [9.17, 15) is 13.2 Å². The Morgan fingerprint density at radius 1 is 1.47 bits per heavy atom. The highest BCUT2D eigenvalue weighted by molar-refractivity contribution is 8.13. The van der Waals surface area contributed by atoms with Crippen molar-refractivity contribution < 1.29 is 13.2 Å². The molecule has 1 amide bonds. The number of carbonyl (C=O) groups excluding carboxylic acids is 1. The van der Waals surface area contributed by atoms with Gasteiger partial charge in [0.2, 0.25) is 0 Å². The van der Waals surface area contributed by atoms with Crippen molar-refractivity contribution in [3.05, 3.63) is 18.0 Å². The molecule has 1 rings (SSSR count). The summed E-state index contributed by atoms with van der Waals surface area (Å²) < 4.78 is 24.0. The highest BCUT2D eigenvalue weighted by atomic mass is 35.7. The lowest BCUT2D eigenvalue weighted by Crippen LogP contribution is -2.35. The number of amides is 1. The van der Waals surface area contributed by atoms with Crippen LogP contribution in [0.15, 0.2) is 17.2 Å². The second-order valence-corrected chi connectivity index (χ2v) is 7.41. The van der Waals surface area contributed by atoms with Crippen LogP contribution in [0.25, 0.3) is 0 Å². The Labute approximate surface area is 118 Å². The molecule has 0 spiro atoms. The average Bonchev–Trinajstić information content (AvgIpc) is 2.66. The average molecular weight is 307 g/mol. The van der Waals surface area contributed by atoms with Crippen LogP contribution in [-0.4, -0.2) is 36.9 Å². The van der Waals surface area contributed by atoms with Gasteiger partial charge in [0.1, 0.15) is 10.6 Å². The van der Waals surface area contributed by atoms with E-state index in [1.54, 1.807) is 11.9 Å². The minimum Gasteiger partial charge on any atom is -0.345 e. The fourth-order valence-corrected chi connectivity index (χ4v) is 2.63. The van der Waals surface area contributed by atoms with Gasteiger partial charge in [-0.15, -0.1) is 0 Å². The molecular weight excluding hydrogens is 288 g/mol. The molecule has 0 aliphatic heterocycles.